The van der Waals surface area contributed by atoms with Crippen molar-refractivity contribution < 1.29 is 45.2 Å². The van der Waals surface area contributed by atoms with E-state index >= 15 is 0 Å². The average Bonchev–Trinajstić information content (AvgIpc) is 2.96. The van der Waals surface area contributed by atoms with E-state index in [1.165, 1.54) is 12.1 Å². The lowest BCUT2D eigenvalue weighted by Crippen LogP contribution is -2.50. The van der Waals surface area contributed by atoms with Gasteiger partial charge in [-0.25, -0.2) is 9.18 Å². The maximum absolute atomic E-state index is 14.2. The summed E-state index contributed by atoms with van der Waals surface area (Å²) < 4.78 is 96.9. The summed E-state index contributed by atoms with van der Waals surface area (Å²) in [4.78, 5) is 22.4. The molecule has 31 heavy (non-hydrogen) atoms. The van der Waals surface area contributed by atoms with Crippen molar-refractivity contribution in [3.8, 4) is 0 Å². The quantitative estimate of drug-likeness (QED) is 0.288. The van der Waals surface area contributed by atoms with Gasteiger partial charge in [0.2, 0.25) is 6.23 Å². The highest BCUT2D eigenvalue weighted by molar-refractivity contribution is 5.95. The summed E-state index contributed by atoms with van der Waals surface area (Å²) in [7, 11) is 0. The van der Waals surface area contributed by atoms with Gasteiger partial charge in [-0.05, 0) is 24.6 Å². The summed E-state index contributed by atoms with van der Waals surface area (Å²) in [6.07, 6.45) is -14.0. The van der Waals surface area contributed by atoms with Crippen LogP contribution >= 0.6 is 0 Å². The van der Waals surface area contributed by atoms with E-state index < -0.39 is 46.4 Å². The lowest BCUT2D eigenvalue weighted by Gasteiger charge is -2.30. The third-order valence-electron chi connectivity index (χ3n) is 4.68. The molecule has 1 aliphatic heterocycles. The highest BCUT2D eigenvalue weighted by Gasteiger charge is 2.73. The molecule has 1 N–H and O–H groups in total. The molecule has 0 saturated carbocycles. The second kappa shape index (κ2) is 7.10. The number of nitrogens with zero attached hydrogens (tertiary/aromatic N) is 1. The van der Waals surface area contributed by atoms with E-state index in [-0.39, 0.29) is 28.4 Å². The van der Waals surface area contributed by atoms with Crippen LogP contribution < -0.4 is 5.32 Å². The molecule has 0 aromatic heterocycles. The number of halogens is 7. The number of nitro benzene ring substituents is 1. The smallest absolute Gasteiger partial charge is 0.433 e. The van der Waals surface area contributed by atoms with Crippen LogP contribution in [-0.2, 0) is 10.4 Å². The maximum atomic E-state index is 14.2. The molecular formula is C18H11F7N2O4. The molecule has 13 heteroatoms. The Morgan fingerprint density at radius 3 is 2.16 bits per heavy atom. The molecule has 0 saturated heterocycles. The van der Waals surface area contributed by atoms with Gasteiger partial charge in [-0.1, -0.05) is 18.2 Å². The zero-order chi connectivity index (χ0) is 23.4. The topological polar surface area (TPSA) is 81.5 Å². The van der Waals surface area contributed by atoms with Crippen LogP contribution in [0.1, 0.15) is 33.3 Å². The molecule has 166 valence electrons. The third-order valence-corrected chi connectivity index (χ3v) is 4.68. The number of carbonyl (C=O) groups is 1. The Morgan fingerprint density at radius 2 is 1.65 bits per heavy atom. The third kappa shape index (κ3) is 3.53. The zero-order valence-electron chi connectivity index (χ0n) is 15.3. The number of nitrogens with one attached hydrogen (secondary N) is 1. The van der Waals surface area contributed by atoms with Gasteiger partial charge in [0.1, 0.15) is 5.56 Å². The highest BCUT2D eigenvalue weighted by Crippen LogP contribution is 2.53. The van der Waals surface area contributed by atoms with Crippen LogP contribution in [-0.4, -0.2) is 23.2 Å². The first-order valence-corrected chi connectivity index (χ1v) is 8.36. The summed E-state index contributed by atoms with van der Waals surface area (Å²) in [5.74, 6) is -0.914. The van der Waals surface area contributed by atoms with Crippen LogP contribution in [0.25, 0.3) is 0 Å². The van der Waals surface area contributed by atoms with E-state index in [2.05, 4.69) is 5.32 Å². The van der Waals surface area contributed by atoms with E-state index in [0.29, 0.717) is 6.07 Å². The van der Waals surface area contributed by atoms with E-state index in [0.717, 1.165) is 19.1 Å². The maximum Gasteiger partial charge on any atom is 0.435 e. The van der Waals surface area contributed by atoms with Gasteiger partial charge in [0.25, 0.3) is 5.69 Å². The first-order chi connectivity index (χ1) is 14.2. The summed E-state index contributed by atoms with van der Waals surface area (Å²) >= 11 is 0. The van der Waals surface area contributed by atoms with Gasteiger partial charge >= 0.3 is 24.0 Å². The normalized spacial score (nSPS) is 16.6. The molecule has 0 aliphatic carbocycles. The molecule has 0 fully saturated rings. The number of benzene rings is 2. The molecule has 0 bridgehead atoms. The molecule has 2 aromatic carbocycles. The van der Waals surface area contributed by atoms with Crippen molar-refractivity contribution in [1.29, 1.82) is 0 Å². The van der Waals surface area contributed by atoms with E-state index in [1.807, 2.05) is 0 Å². The number of rotatable bonds is 4. The molecule has 1 aliphatic rings. The number of alkyl halides is 7. The van der Waals surface area contributed by atoms with Crippen molar-refractivity contribution in [3.05, 3.63) is 68.8 Å². The molecule has 6 nitrogen and oxygen atoms in total. The van der Waals surface area contributed by atoms with Gasteiger partial charge in [-0.15, -0.1) is 0 Å². The lowest BCUT2D eigenvalue weighted by atomic mass is 9.92. The van der Waals surface area contributed by atoms with Crippen LogP contribution in [0.3, 0.4) is 0 Å². The van der Waals surface area contributed by atoms with Crippen molar-refractivity contribution in [2.45, 2.75) is 31.2 Å². The molecule has 1 atom stereocenters. The van der Waals surface area contributed by atoms with Crippen molar-refractivity contribution in [2.75, 3.05) is 5.32 Å². The number of hydrogen-bond donors (Lipinski definition) is 1. The summed E-state index contributed by atoms with van der Waals surface area (Å²) in [5.41, 5.74) is -8.44. The zero-order valence-corrected chi connectivity index (χ0v) is 15.3. The Kier molecular flexibility index (Phi) is 5.11. The Hall–Kier alpha value is -3.38. The van der Waals surface area contributed by atoms with E-state index in [1.54, 1.807) is 0 Å². The number of carbonyl (C=O) groups excluding carboxylic acids is 1. The monoisotopic (exact) mass is 452 g/mol. The van der Waals surface area contributed by atoms with Gasteiger partial charge in [0, 0.05) is 17.3 Å². The van der Waals surface area contributed by atoms with Gasteiger partial charge in [-0.3, -0.25) is 10.1 Å². The lowest BCUT2D eigenvalue weighted by molar-refractivity contribution is -0.385. The number of cyclic esters (lactones) is 1. The summed E-state index contributed by atoms with van der Waals surface area (Å²) in [5, 5.41) is 13.7. The minimum absolute atomic E-state index is 0.126. The molecular weight excluding hydrogens is 441 g/mol. The average molecular weight is 452 g/mol. The van der Waals surface area contributed by atoms with Gasteiger partial charge < -0.3 is 10.1 Å². The minimum atomic E-state index is -6.27. The van der Waals surface area contributed by atoms with Crippen molar-refractivity contribution in [2.24, 2.45) is 0 Å². The Labute approximate surface area is 168 Å². The highest BCUT2D eigenvalue weighted by atomic mass is 19.4. The van der Waals surface area contributed by atoms with Crippen molar-refractivity contribution >= 4 is 17.3 Å². The van der Waals surface area contributed by atoms with Crippen molar-refractivity contribution in [1.82, 2.24) is 0 Å². The second-order valence-electron chi connectivity index (χ2n) is 6.61. The van der Waals surface area contributed by atoms with Crippen molar-refractivity contribution in [3.63, 3.8) is 0 Å². The predicted molar refractivity (Wildman–Crippen MR) is 91.0 cm³/mol. The molecule has 0 amide bonds. The molecule has 0 radical (unpaired) electrons. The summed E-state index contributed by atoms with van der Waals surface area (Å²) in [6, 6.07) is 4.96. The van der Waals surface area contributed by atoms with Crippen LogP contribution in [0, 0.1) is 17.0 Å². The van der Waals surface area contributed by atoms with Crippen LogP contribution in [0.15, 0.2) is 36.4 Å². The minimum Gasteiger partial charge on any atom is -0.433 e. The molecule has 2 aromatic rings. The number of hydrogen-bond acceptors (Lipinski definition) is 5. The molecule has 1 heterocycles. The first kappa shape index (κ1) is 22.3. The van der Waals surface area contributed by atoms with Gasteiger partial charge in [0.05, 0.1) is 10.5 Å². The molecule has 1 unspecified atom stereocenters. The molecule has 3 rings (SSSR count). The first-order valence-electron chi connectivity index (χ1n) is 8.36. The van der Waals surface area contributed by atoms with Gasteiger partial charge in [0.15, 0.2) is 0 Å². The molecule has 0 spiro atoms. The second-order valence-corrected chi connectivity index (χ2v) is 6.61. The standard InChI is InChI=1S/C18H11F7N2O4/c1-8-7-9(16(19,17(20,21)22)18(23,24)25)5-6-11(8)26-14-13-10(15(28)31-14)3-2-4-12(13)27(29)30/h2-7,14,26H,1H3. The number of fused-ring (bicyclic) bond motifs is 1. The van der Waals surface area contributed by atoms with Crippen LogP contribution in [0.2, 0.25) is 0 Å². The SMILES string of the molecule is Cc1cc(C(F)(C(F)(F)F)C(F)(F)F)ccc1NC1OC(=O)c2cccc([N+](=O)[O-])c21. The fourth-order valence-electron chi connectivity index (χ4n) is 3.17. The Bertz CT molecular complexity index is 1050. The number of nitro groups is 1. The number of esters is 1. The predicted octanol–water partition coefficient (Wildman–Crippen LogP) is 5.47. The van der Waals surface area contributed by atoms with Crippen LogP contribution in [0.5, 0.6) is 0 Å². The Balaban J connectivity index is 2.01. The fraction of sp³-hybridized carbons (Fsp3) is 0.278. The fourth-order valence-corrected chi connectivity index (χ4v) is 3.17. The van der Waals surface area contributed by atoms with Gasteiger partial charge in [-0.2, -0.15) is 26.3 Å². The number of aryl methyl sites for hydroxylation is 1. The van der Waals surface area contributed by atoms with E-state index in [9.17, 15) is 45.6 Å². The van der Waals surface area contributed by atoms with Crippen LogP contribution in [0.4, 0.5) is 42.1 Å². The number of anilines is 1. The largest absolute Gasteiger partial charge is 0.435 e. The number of ether oxygens (including phenoxy) is 1. The summed E-state index contributed by atoms with van der Waals surface area (Å²) in [6.45, 7) is 1.09. The Morgan fingerprint density at radius 1 is 1.03 bits per heavy atom. The van der Waals surface area contributed by atoms with E-state index in [4.69, 9.17) is 4.74 Å².